The third-order valence-corrected chi connectivity index (χ3v) is 21.8. The van der Waals surface area contributed by atoms with E-state index in [9.17, 15) is 0 Å². The van der Waals surface area contributed by atoms with Crippen LogP contribution in [0.1, 0.15) is 90.4 Å². The first-order valence-electron chi connectivity index (χ1n) is 42.3. The molecule has 13 aromatic rings. The van der Waals surface area contributed by atoms with E-state index in [0.717, 1.165) is 177 Å². The van der Waals surface area contributed by atoms with Crippen molar-refractivity contribution in [1.29, 1.82) is 0 Å². The van der Waals surface area contributed by atoms with Crippen molar-refractivity contribution in [3.63, 3.8) is 0 Å². The average Bonchev–Trinajstić information content (AvgIpc) is 1.69. The summed E-state index contributed by atoms with van der Waals surface area (Å²) in [5.41, 5.74) is 15.1. The van der Waals surface area contributed by atoms with Crippen LogP contribution in [0.15, 0.2) is 231 Å². The summed E-state index contributed by atoms with van der Waals surface area (Å²) in [4.78, 5) is 49.2. The number of hydrogen-bond acceptors (Lipinski definition) is 23. The lowest BCUT2D eigenvalue weighted by Gasteiger charge is -2.15. The molecule has 24 nitrogen and oxygen atoms in total. The topological polar surface area (TPSA) is 253 Å². The largest absolute Gasteiger partial charge is 0.492 e. The van der Waals surface area contributed by atoms with Gasteiger partial charge >= 0.3 is 0 Å². The fourth-order valence-corrected chi connectivity index (χ4v) is 14.6. The summed E-state index contributed by atoms with van der Waals surface area (Å²) in [5.74, 6) is 8.07. The van der Waals surface area contributed by atoms with Crippen LogP contribution in [0.2, 0.25) is 5.02 Å². The highest BCUT2D eigenvalue weighted by molar-refractivity contribution is 6.31. The number of ether oxygens (including phenoxy) is 4. The molecule has 0 bridgehead atoms. The van der Waals surface area contributed by atoms with Gasteiger partial charge in [-0.15, -0.1) is 0 Å². The number of hydrogen-bond donors (Lipinski definition) is 8. The summed E-state index contributed by atoms with van der Waals surface area (Å²) < 4.78 is 23.5. The number of anilines is 14. The SMILES string of the molecule is Cc1cc(Nc2nc(Nc3ccc(OCCN4CCCC4)cc3)ncc2C)ccc1Cl.Cc1ccc(Nc2nc(Nc3ccc(OCCN4CCCC4)cc3)ncc2C)cc1.Cc1cnc(Nc2ccc(OCCN3CCCC3)cc2)nc1Nc1cccc2[nH]ccc12.c1ccc(Cc2ccnc(Nc3ccc(OCCN4CCCC4)cc3)n2)cc1. The van der Waals surface area contributed by atoms with Crippen molar-refractivity contribution in [2.24, 2.45) is 0 Å². The number of H-pyrrole nitrogens is 1. The molecule has 121 heavy (non-hydrogen) atoms. The van der Waals surface area contributed by atoms with E-state index in [2.05, 4.69) is 145 Å². The molecule has 4 aliphatic rings. The number of benzene rings is 8. The van der Waals surface area contributed by atoms with Gasteiger partial charge in [0.25, 0.3) is 0 Å². The van der Waals surface area contributed by atoms with Gasteiger partial charge < -0.3 is 61.1 Å². The lowest BCUT2D eigenvalue weighted by atomic mass is 10.1. The van der Waals surface area contributed by atoms with E-state index in [4.69, 9.17) is 30.5 Å². The Bertz CT molecular complexity index is 5340. The van der Waals surface area contributed by atoms with E-state index in [-0.39, 0.29) is 0 Å². The first-order valence-corrected chi connectivity index (χ1v) is 42.7. The van der Waals surface area contributed by atoms with Crippen molar-refractivity contribution in [3.8, 4) is 23.0 Å². The maximum Gasteiger partial charge on any atom is 0.229 e. The third kappa shape index (κ3) is 26.8. The Morgan fingerprint density at radius 3 is 1.13 bits per heavy atom. The van der Waals surface area contributed by atoms with Crippen LogP contribution >= 0.6 is 11.6 Å². The number of aromatic nitrogens is 9. The average molecular weight is 1640 g/mol. The van der Waals surface area contributed by atoms with Crippen LogP contribution in [0.5, 0.6) is 23.0 Å². The van der Waals surface area contributed by atoms with Crippen molar-refractivity contribution in [1.82, 2.24) is 64.5 Å². The van der Waals surface area contributed by atoms with Gasteiger partial charge in [0.05, 0.1) is 5.69 Å². The smallest absolute Gasteiger partial charge is 0.229 e. The second-order valence-corrected chi connectivity index (χ2v) is 31.3. The molecule has 0 saturated carbocycles. The Hall–Kier alpha value is -12.5. The minimum Gasteiger partial charge on any atom is -0.492 e. The van der Waals surface area contributed by atoms with Gasteiger partial charge in [0, 0.05) is 136 Å². The highest BCUT2D eigenvalue weighted by Crippen LogP contribution is 2.31. The molecule has 9 heterocycles. The summed E-state index contributed by atoms with van der Waals surface area (Å²) in [7, 11) is 0. The maximum absolute atomic E-state index is 6.12. The lowest BCUT2D eigenvalue weighted by Crippen LogP contribution is -2.25. The second kappa shape index (κ2) is 44.0. The van der Waals surface area contributed by atoms with E-state index >= 15 is 0 Å². The van der Waals surface area contributed by atoms with E-state index < -0.39 is 0 Å². The van der Waals surface area contributed by atoms with Crippen molar-refractivity contribution < 1.29 is 18.9 Å². The Morgan fingerprint density at radius 2 is 0.719 bits per heavy atom. The molecule has 0 unspecified atom stereocenters. The summed E-state index contributed by atoms with van der Waals surface area (Å²) in [6.07, 6.45) is 20.4. The summed E-state index contributed by atoms with van der Waals surface area (Å²) in [5, 5.41) is 25.1. The molecule has 5 aromatic heterocycles. The van der Waals surface area contributed by atoms with Crippen molar-refractivity contribution in [3.05, 3.63) is 275 Å². The Kier molecular flexibility index (Phi) is 30.9. The highest BCUT2D eigenvalue weighted by atomic mass is 35.5. The molecule has 4 saturated heterocycles. The molecule has 0 atom stereocenters. The first-order chi connectivity index (χ1) is 59.3. The van der Waals surface area contributed by atoms with Crippen LogP contribution < -0.4 is 56.2 Å². The molecular weight excluding hydrogens is 1530 g/mol. The number of likely N-dealkylation sites (tertiary alicyclic amines) is 4. The molecule has 0 aliphatic carbocycles. The number of aryl methyl sites for hydroxylation is 5. The fraction of sp³-hybridized carbons (Fsp3) is 0.312. The van der Waals surface area contributed by atoms with Crippen LogP contribution in [-0.4, -0.2) is 169 Å². The highest BCUT2D eigenvalue weighted by Gasteiger charge is 2.18. The summed E-state index contributed by atoms with van der Waals surface area (Å²) in [6.45, 7) is 26.5. The number of fused-ring (bicyclic) bond motifs is 1. The molecule has 8 N–H and O–H groups in total. The van der Waals surface area contributed by atoms with Crippen molar-refractivity contribution >= 4 is 104 Å². The molecular formula is C96H111ClN20O4. The molecule has 0 amide bonds. The lowest BCUT2D eigenvalue weighted by molar-refractivity contribution is 0.237. The zero-order valence-corrected chi connectivity index (χ0v) is 70.8. The Balaban J connectivity index is 0.000000132. The minimum atomic E-state index is 0.529. The van der Waals surface area contributed by atoms with Gasteiger partial charge in [0.1, 0.15) is 66.9 Å². The van der Waals surface area contributed by atoms with Crippen LogP contribution in [-0.2, 0) is 6.42 Å². The standard InChI is InChI=1S/C25H28N6O.C24H28ClN5O.C24H29N5O.C23H26N4O/c1-18-17-27-25(30-24(18)29-23-6-4-5-22-21(23)11-12-26-22)28-19-7-9-20(10-8-19)32-16-15-31-13-2-3-14-31;1-17-15-20(7-10-22(17)25)27-23-18(2)16-26-24(29-23)28-19-5-8-21(9-6-19)31-14-13-30-11-3-4-12-30;1-18-5-7-20(8-6-18)26-23-19(2)17-25-24(28-23)27-21-9-11-22(12-10-21)30-16-15-29-13-3-4-14-29;1-2-6-19(7-3-1)18-21-12-13-24-23(26-21)25-20-8-10-22(11-9-20)28-17-16-27-14-4-5-15-27/h4-12,17,26H,2-3,13-16H2,1H3,(H2,27,28,29,30);5-10,15-16H,3-4,11-14H2,1-2H3,(H2,26,27,28,29);5-12,17H,3-4,13-16H2,1-2H3,(H2,25,26,27,28);1-3,6-13H,4-5,14-18H2,(H,24,25,26). The number of nitrogens with zero attached hydrogens (tertiary/aromatic N) is 12. The monoisotopic (exact) mass is 1640 g/mol. The maximum atomic E-state index is 6.12. The van der Waals surface area contributed by atoms with Gasteiger partial charge in [-0.3, -0.25) is 19.6 Å². The fourth-order valence-electron chi connectivity index (χ4n) is 14.5. The van der Waals surface area contributed by atoms with E-state index in [1.165, 1.54) is 115 Å². The number of aromatic amines is 1. The van der Waals surface area contributed by atoms with Gasteiger partial charge in [-0.2, -0.15) is 15.0 Å². The van der Waals surface area contributed by atoms with Crippen molar-refractivity contribution in [2.45, 2.75) is 92.4 Å². The van der Waals surface area contributed by atoms with E-state index in [0.29, 0.717) is 30.4 Å². The van der Waals surface area contributed by atoms with E-state index in [1.54, 1.807) is 12.4 Å². The van der Waals surface area contributed by atoms with Crippen LogP contribution in [0, 0.1) is 34.6 Å². The molecule has 25 heteroatoms. The number of nitrogens with one attached hydrogen (secondary N) is 8. The zero-order valence-electron chi connectivity index (χ0n) is 70.0. The summed E-state index contributed by atoms with van der Waals surface area (Å²) >= 11 is 6.12. The quantitative estimate of drug-likeness (QED) is 0.0195. The van der Waals surface area contributed by atoms with Crippen LogP contribution in [0.4, 0.5) is 81.1 Å². The molecule has 17 rings (SSSR count). The third-order valence-electron chi connectivity index (χ3n) is 21.4. The zero-order chi connectivity index (χ0) is 83.2. The normalized spacial score (nSPS) is 14.0. The van der Waals surface area contributed by atoms with E-state index in [1.807, 2.05) is 210 Å². The molecule has 626 valence electrons. The minimum absolute atomic E-state index is 0.529. The van der Waals surface area contributed by atoms with Gasteiger partial charge in [0.2, 0.25) is 23.8 Å². The molecule has 0 spiro atoms. The Morgan fingerprint density at radius 1 is 0.347 bits per heavy atom. The number of halogens is 1. The van der Waals surface area contributed by atoms with Gasteiger partial charge in [-0.05, 0) is 301 Å². The summed E-state index contributed by atoms with van der Waals surface area (Å²) in [6, 6.07) is 66.3. The molecule has 4 aliphatic heterocycles. The van der Waals surface area contributed by atoms with Crippen LogP contribution in [0.25, 0.3) is 10.9 Å². The van der Waals surface area contributed by atoms with Crippen LogP contribution in [0.3, 0.4) is 0 Å². The van der Waals surface area contributed by atoms with Gasteiger partial charge in [-0.25, -0.2) is 24.9 Å². The number of rotatable bonds is 32. The predicted molar refractivity (Wildman–Crippen MR) is 491 cm³/mol. The molecule has 0 radical (unpaired) electrons. The Labute approximate surface area is 715 Å². The first kappa shape index (κ1) is 85.0. The van der Waals surface area contributed by atoms with Gasteiger partial charge in [0.15, 0.2) is 0 Å². The van der Waals surface area contributed by atoms with Gasteiger partial charge in [-0.1, -0.05) is 65.7 Å². The molecule has 8 aromatic carbocycles. The molecule has 4 fully saturated rings. The van der Waals surface area contributed by atoms with Crippen molar-refractivity contribution in [2.75, 3.05) is 142 Å². The second-order valence-electron chi connectivity index (χ2n) is 30.8. The predicted octanol–water partition coefficient (Wildman–Crippen LogP) is 20.3.